The summed E-state index contributed by atoms with van der Waals surface area (Å²) in [5, 5.41) is 11.8. The number of halogens is 1. The van der Waals surface area contributed by atoms with Gasteiger partial charge in [-0.15, -0.1) is 0 Å². The van der Waals surface area contributed by atoms with Crippen LogP contribution in [0.2, 0.25) is 0 Å². The van der Waals surface area contributed by atoms with Crippen molar-refractivity contribution >= 4 is 0 Å². The van der Waals surface area contributed by atoms with E-state index in [2.05, 4.69) is 10.2 Å². The molecule has 0 saturated carbocycles. The third-order valence-electron chi connectivity index (χ3n) is 2.51. The molecule has 0 unspecified atom stereocenters. The van der Waals surface area contributed by atoms with Crippen molar-refractivity contribution in [1.82, 2.24) is 10.2 Å². The lowest BCUT2D eigenvalue weighted by molar-refractivity contribution is 0.320. The van der Waals surface area contributed by atoms with E-state index in [0.717, 1.165) is 25.1 Å². The fraction of sp³-hybridized carbons (Fsp3) is 0.462. The van der Waals surface area contributed by atoms with Gasteiger partial charge in [0.05, 0.1) is 11.6 Å². The van der Waals surface area contributed by atoms with E-state index in [0.29, 0.717) is 12.1 Å². The maximum Gasteiger partial charge on any atom is 0.124 e. The van der Waals surface area contributed by atoms with Crippen molar-refractivity contribution in [2.45, 2.75) is 13.0 Å². The summed E-state index contributed by atoms with van der Waals surface area (Å²) >= 11 is 0. The topological polar surface area (TPSA) is 39.1 Å². The number of rotatable bonds is 6. The van der Waals surface area contributed by atoms with Crippen LogP contribution >= 0.6 is 0 Å². The predicted molar refractivity (Wildman–Crippen MR) is 66.0 cm³/mol. The molecule has 0 aliphatic rings. The molecule has 0 heterocycles. The fourth-order valence-electron chi connectivity index (χ4n) is 1.72. The van der Waals surface area contributed by atoms with Crippen molar-refractivity contribution in [3.05, 3.63) is 35.1 Å². The molecule has 92 valence electrons. The Morgan fingerprint density at radius 3 is 2.82 bits per heavy atom. The second kappa shape index (κ2) is 7.00. The van der Waals surface area contributed by atoms with Crippen LogP contribution in [-0.2, 0) is 6.54 Å². The van der Waals surface area contributed by atoms with Gasteiger partial charge in [0.1, 0.15) is 5.82 Å². The Morgan fingerprint density at radius 1 is 1.41 bits per heavy atom. The molecule has 1 aromatic carbocycles. The van der Waals surface area contributed by atoms with Gasteiger partial charge in [0.15, 0.2) is 0 Å². The molecule has 1 rings (SSSR count). The van der Waals surface area contributed by atoms with Gasteiger partial charge < -0.3 is 10.2 Å². The highest BCUT2D eigenvalue weighted by Crippen LogP contribution is 2.10. The first-order chi connectivity index (χ1) is 8.15. The van der Waals surface area contributed by atoms with Crippen LogP contribution in [0.1, 0.15) is 17.5 Å². The second-order valence-corrected chi connectivity index (χ2v) is 4.15. The van der Waals surface area contributed by atoms with Crippen molar-refractivity contribution in [1.29, 1.82) is 5.26 Å². The summed E-state index contributed by atoms with van der Waals surface area (Å²) < 4.78 is 13.2. The molecule has 1 N–H and O–H groups in total. The van der Waals surface area contributed by atoms with E-state index in [1.165, 1.54) is 12.1 Å². The van der Waals surface area contributed by atoms with Crippen molar-refractivity contribution in [2.24, 2.45) is 0 Å². The molecule has 0 aliphatic carbocycles. The van der Waals surface area contributed by atoms with Gasteiger partial charge in [-0.25, -0.2) is 4.39 Å². The average Bonchev–Trinajstić information content (AvgIpc) is 2.28. The van der Waals surface area contributed by atoms with Gasteiger partial charge in [0.2, 0.25) is 0 Å². The van der Waals surface area contributed by atoms with Crippen LogP contribution in [0.25, 0.3) is 0 Å². The van der Waals surface area contributed by atoms with Crippen LogP contribution in [-0.4, -0.2) is 32.1 Å². The highest BCUT2D eigenvalue weighted by molar-refractivity contribution is 5.33. The van der Waals surface area contributed by atoms with E-state index >= 15 is 0 Å². The number of nitrogens with one attached hydrogen (secondary N) is 1. The molecule has 0 spiro atoms. The normalized spacial score (nSPS) is 10.5. The molecule has 0 aliphatic heterocycles. The number of benzene rings is 1. The summed E-state index contributed by atoms with van der Waals surface area (Å²) in [5.74, 6) is -0.345. The summed E-state index contributed by atoms with van der Waals surface area (Å²) in [6.07, 6.45) is 1.05. The molecule has 0 fully saturated rings. The van der Waals surface area contributed by atoms with Crippen LogP contribution in [0.3, 0.4) is 0 Å². The minimum atomic E-state index is -0.345. The SMILES string of the molecule is CNCCCN(C)Cc1cc(F)cc(C#N)c1. The highest BCUT2D eigenvalue weighted by Gasteiger charge is 2.04. The van der Waals surface area contributed by atoms with Crippen LogP contribution in [0.4, 0.5) is 4.39 Å². The zero-order chi connectivity index (χ0) is 12.7. The van der Waals surface area contributed by atoms with E-state index in [4.69, 9.17) is 5.26 Å². The summed E-state index contributed by atoms with van der Waals surface area (Å²) in [5.41, 5.74) is 1.22. The molecule has 4 heteroatoms. The quantitative estimate of drug-likeness (QED) is 0.763. The average molecular weight is 235 g/mol. The van der Waals surface area contributed by atoms with E-state index in [9.17, 15) is 4.39 Å². The number of nitrogens with zero attached hydrogens (tertiary/aromatic N) is 2. The van der Waals surface area contributed by atoms with E-state index < -0.39 is 0 Å². The maximum atomic E-state index is 13.2. The first-order valence-electron chi connectivity index (χ1n) is 5.68. The summed E-state index contributed by atoms with van der Waals surface area (Å²) in [6.45, 7) is 2.58. The molecule has 0 aromatic heterocycles. The van der Waals surface area contributed by atoms with Gasteiger partial charge in [-0.05, 0) is 57.4 Å². The van der Waals surface area contributed by atoms with E-state index in [1.54, 1.807) is 6.07 Å². The molecule has 0 amide bonds. The Balaban J connectivity index is 2.56. The summed E-state index contributed by atoms with van der Waals surface area (Å²) in [4.78, 5) is 2.12. The van der Waals surface area contributed by atoms with E-state index in [1.807, 2.05) is 20.2 Å². The maximum absolute atomic E-state index is 13.2. The standard InChI is InChI=1S/C13H18FN3/c1-16-4-3-5-17(2)10-12-6-11(9-15)7-13(14)8-12/h6-8,16H,3-5,10H2,1-2H3. The molecule has 1 aromatic rings. The highest BCUT2D eigenvalue weighted by atomic mass is 19.1. The molecule has 0 radical (unpaired) electrons. The molecular formula is C13H18FN3. The van der Waals surface area contributed by atoms with Crippen molar-refractivity contribution in [3.8, 4) is 6.07 Å². The Hall–Kier alpha value is -1.44. The van der Waals surface area contributed by atoms with Crippen LogP contribution in [0.5, 0.6) is 0 Å². The molecule has 0 bridgehead atoms. The van der Waals surface area contributed by atoms with Crippen LogP contribution in [0.15, 0.2) is 18.2 Å². The lowest BCUT2D eigenvalue weighted by atomic mass is 10.1. The van der Waals surface area contributed by atoms with Crippen molar-refractivity contribution in [3.63, 3.8) is 0 Å². The molecule has 17 heavy (non-hydrogen) atoms. The second-order valence-electron chi connectivity index (χ2n) is 4.15. The Labute approximate surface area is 102 Å². The smallest absolute Gasteiger partial charge is 0.124 e. The van der Waals surface area contributed by atoms with Crippen LogP contribution < -0.4 is 5.32 Å². The van der Waals surface area contributed by atoms with Crippen molar-refractivity contribution < 1.29 is 4.39 Å². The zero-order valence-electron chi connectivity index (χ0n) is 10.3. The predicted octanol–water partition coefficient (Wildman–Crippen LogP) is 1.74. The van der Waals surface area contributed by atoms with Gasteiger partial charge in [0.25, 0.3) is 0 Å². The van der Waals surface area contributed by atoms with Gasteiger partial charge in [-0.2, -0.15) is 5.26 Å². The van der Waals surface area contributed by atoms with Crippen molar-refractivity contribution in [2.75, 3.05) is 27.2 Å². The summed E-state index contributed by atoms with van der Waals surface area (Å²) in [6, 6.07) is 6.44. The first kappa shape index (κ1) is 13.6. The molecular weight excluding hydrogens is 217 g/mol. The van der Waals surface area contributed by atoms with Gasteiger partial charge >= 0.3 is 0 Å². The molecule has 0 saturated heterocycles. The Kier molecular flexibility index (Phi) is 5.61. The number of hydrogen-bond acceptors (Lipinski definition) is 3. The fourth-order valence-corrected chi connectivity index (χ4v) is 1.72. The number of hydrogen-bond donors (Lipinski definition) is 1. The van der Waals surface area contributed by atoms with Gasteiger partial charge in [-0.1, -0.05) is 0 Å². The minimum Gasteiger partial charge on any atom is -0.320 e. The molecule has 0 atom stereocenters. The third kappa shape index (κ3) is 4.94. The zero-order valence-corrected chi connectivity index (χ0v) is 10.3. The number of nitriles is 1. The van der Waals surface area contributed by atoms with E-state index in [-0.39, 0.29) is 5.82 Å². The Bertz CT molecular complexity index is 398. The van der Waals surface area contributed by atoms with Gasteiger partial charge in [0, 0.05) is 6.54 Å². The molecule has 3 nitrogen and oxygen atoms in total. The summed E-state index contributed by atoms with van der Waals surface area (Å²) in [7, 11) is 3.92. The lowest BCUT2D eigenvalue weighted by Crippen LogP contribution is -2.22. The van der Waals surface area contributed by atoms with Crippen LogP contribution in [0, 0.1) is 17.1 Å². The lowest BCUT2D eigenvalue weighted by Gasteiger charge is -2.16. The monoisotopic (exact) mass is 235 g/mol. The Morgan fingerprint density at radius 2 is 2.18 bits per heavy atom. The first-order valence-corrected chi connectivity index (χ1v) is 5.68. The minimum absolute atomic E-state index is 0.345. The van der Waals surface area contributed by atoms with Gasteiger partial charge in [-0.3, -0.25) is 0 Å². The third-order valence-corrected chi connectivity index (χ3v) is 2.51. The largest absolute Gasteiger partial charge is 0.320 e.